The molecule has 4 heteroatoms. The van der Waals surface area contributed by atoms with Crippen molar-refractivity contribution in [2.45, 2.75) is 13.0 Å². The Balaban J connectivity index is 2.83. The van der Waals surface area contributed by atoms with Crippen LogP contribution in [0.5, 0.6) is 0 Å². The van der Waals surface area contributed by atoms with Gasteiger partial charge >= 0.3 is 0 Å². The highest BCUT2D eigenvalue weighted by Crippen LogP contribution is 2.12. The van der Waals surface area contributed by atoms with Gasteiger partial charge in [0.05, 0.1) is 0 Å². The van der Waals surface area contributed by atoms with Crippen LogP contribution in [0, 0.1) is 5.82 Å². The molecule has 0 aliphatic carbocycles. The topological polar surface area (TPSA) is 69.1 Å². The van der Waals surface area contributed by atoms with Crippen LogP contribution >= 0.6 is 0 Å². The van der Waals surface area contributed by atoms with E-state index in [1.165, 1.54) is 18.2 Å². The molecule has 0 unspecified atom stereocenters. The van der Waals surface area contributed by atoms with Crippen molar-refractivity contribution >= 4 is 12.0 Å². The van der Waals surface area contributed by atoms with E-state index >= 15 is 0 Å². The molecule has 80 valence electrons. The van der Waals surface area contributed by atoms with E-state index in [1.807, 2.05) is 0 Å². The minimum Gasteiger partial charge on any atom is -0.369 e. The number of halogens is 1. The molecule has 1 aromatic rings. The van der Waals surface area contributed by atoms with Crippen molar-refractivity contribution in [3.05, 3.63) is 41.2 Å². The molecule has 3 nitrogen and oxygen atoms in total. The number of amides is 1. The van der Waals surface area contributed by atoms with Gasteiger partial charge in [-0.05, 0) is 17.7 Å². The number of hydrogen-bond donors (Lipinski definition) is 2. The molecule has 0 spiro atoms. The molecular formula is C11H13FN2O. The van der Waals surface area contributed by atoms with E-state index in [-0.39, 0.29) is 12.2 Å². The second-order valence-electron chi connectivity index (χ2n) is 3.13. The van der Waals surface area contributed by atoms with E-state index in [4.69, 9.17) is 11.5 Å². The van der Waals surface area contributed by atoms with Crippen LogP contribution in [0.4, 0.5) is 4.39 Å². The number of benzene rings is 1. The van der Waals surface area contributed by atoms with Gasteiger partial charge in [0.2, 0.25) is 5.91 Å². The molecule has 0 aromatic heterocycles. The Morgan fingerprint density at radius 2 is 2.20 bits per heavy atom. The lowest BCUT2D eigenvalue weighted by molar-refractivity contribution is -0.117. The maximum Gasteiger partial charge on any atom is 0.221 e. The zero-order valence-corrected chi connectivity index (χ0v) is 8.24. The van der Waals surface area contributed by atoms with Gasteiger partial charge in [-0.3, -0.25) is 4.79 Å². The lowest BCUT2D eigenvalue weighted by atomic mass is 10.1. The smallest absolute Gasteiger partial charge is 0.221 e. The van der Waals surface area contributed by atoms with Crippen molar-refractivity contribution in [2.24, 2.45) is 11.5 Å². The first-order chi connectivity index (χ1) is 7.13. The monoisotopic (exact) mass is 208 g/mol. The second-order valence-corrected chi connectivity index (χ2v) is 3.13. The lowest BCUT2D eigenvalue weighted by Crippen LogP contribution is -2.07. The summed E-state index contributed by atoms with van der Waals surface area (Å²) in [6.07, 6.45) is 3.16. The number of primary amides is 1. The maximum atomic E-state index is 13.2. The van der Waals surface area contributed by atoms with Crippen molar-refractivity contribution in [3.63, 3.8) is 0 Å². The van der Waals surface area contributed by atoms with Crippen LogP contribution in [0.3, 0.4) is 0 Å². The van der Waals surface area contributed by atoms with E-state index in [0.29, 0.717) is 12.1 Å². The molecule has 0 aliphatic rings. The van der Waals surface area contributed by atoms with Crippen LogP contribution < -0.4 is 11.5 Å². The molecule has 0 saturated heterocycles. The maximum absolute atomic E-state index is 13.2. The Kier molecular flexibility index (Phi) is 4.00. The largest absolute Gasteiger partial charge is 0.369 e. The summed E-state index contributed by atoms with van der Waals surface area (Å²) in [7, 11) is 0. The molecular weight excluding hydrogens is 195 g/mol. The van der Waals surface area contributed by atoms with Gasteiger partial charge in [0.1, 0.15) is 5.82 Å². The van der Waals surface area contributed by atoms with Gasteiger partial charge in [0.15, 0.2) is 0 Å². The van der Waals surface area contributed by atoms with Crippen LogP contribution in [-0.4, -0.2) is 5.91 Å². The molecule has 0 radical (unpaired) electrons. The quantitative estimate of drug-likeness (QED) is 0.779. The number of rotatable bonds is 4. The second kappa shape index (κ2) is 5.26. The summed E-state index contributed by atoms with van der Waals surface area (Å²) in [5, 5.41) is 0. The van der Waals surface area contributed by atoms with Crippen molar-refractivity contribution in [3.8, 4) is 0 Å². The highest BCUT2D eigenvalue weighted by molar-refractivity contribution is 5.76. The van der Waals surface area contributed by atoms with E-state index in [2.05, 4.69) is 0 Å². The van der Waals surface area contributed by atoms with Crippen molar-refractivity contribution in [1.29, 1.82) is 0 Å². The van der Waals surface area contributed by atoms with Crippen LogP contribution in [0.15, 0.2) is 24.3 Å². The number of nitrogens with two attached hydrogens (primary N) is 2. The van der Waals surface area contributed by atoms with Gasteiger partial charge in [-0.15, -0.1) is 0 Å². The molecule has 1 aromatic carbocycles. The fraction of sp³-hybridized carbons (Fsp3) is 0.182. The molecule has 4 N–H and O–H groups in total. The molecule has 1 amide bonds. The van der Waals surface area contributed by atoms with E-state index in [1.54, 1.807) is 12.1 Å². The van der Waals surface area contributed by atoms with Gasteiger partial charge in [0.25, 0.3) is 0 Å². The first kappa shape index (κ1) is 11.4. The van der Waals surface area contributed by atoms with E-state index < -0.39 is 5.91 Å². The van der Waals surface area contributed by atoms with Gasteiger partial charge in [-0.25, -0.2) is 4.39 Å². The molecule has 0 aliphatic heterocycles. The fourth-order valence-electron chi connectivity index (χ4n) is 1.15. The average molecular weight is 208 g/mol. The minimum absolute atomic E-state index is 0.103. The Hall–Kier alpha value is -1.68. The molecule has 0 fully saturated rings. The van der Waals surface area contributed by atoms with Gasteiger partial charge in [-0.2, -0.15) is 0 Å². The molecule has 15 heavy (non-hydrogen) atoms. The predicted octanol–water partition coefficient (Wildman–Crippen LogP) is 1.17. The van der Waals surface area contributed by atoms with Crippen molar-refractivity contribution < 1.29 is 9.18 Å². The van der Waals surface area contributed by atoms with E-state index in [0.717, 1.165) is 5.56 Å². The van der Waals surface area contributed by atoms with E-state index in [9.17, 15) is 9.18 Å². The van der Waals surface area contributed by atoms with Crippen molar-refractivity contribution in [1.82, 2.24) is 0 Å². The summed E-state index contributed by atoms with van der Waals surface area (Å²) in [5.41, 5.74) is 11.6. The van der Waals surface area contributed by atoms with Crippen LogP contribution in [0.25, 0.3) is 6.08 Å². The summed E-state index contributed by atoms with van der Waals surface area (Å²) < 4.78 is 13.2. The van der Waals surface area contributed by atoms with Crippen LogP contribution in [0.2, 0.25) is 0 Å². The summed E-state index contributed by atoms with van der Waals surface area (Å²) >= 11 is 0. The minimum atomic E-state index is -0.443. The number of carbonyl (C=O) groups is 1. The third-order valence-electron chi connectivity index (χ3n) is 1.91. The van der Waals surface area contributed by atoms with Gasteiger partial charge < -0.3 is 11.5 Å². The third-order valence-corrected chi connectivity index (χ3v) is 1.91. The molecule has 1 rings (SSSR count). The van der Waals surface area contributed by atoms with Crippen LogP contribution in [-0.2, 0) is 11.3 Å². The average Bonchev–Trinajstić information content (AvgIpc) is 2.20. The highest BCUT2D eigenvalue weighted by atomic mass is 19.1. The first-order valence-corrected chi connectivity index (χ1v) is 4.57. The fourth-order valence-corrected chi connectivity index (χ4v) is 1.15. The summed E-state index contributed by atoms with van der Waals surface area (Å²) in [6.45, 7) is 0.358. The predicted molar refractivity (Wildman–Crippen MR) is 57.1 cm³/mol. The first-order valence-electron chi connectivity index (χ1n) is 4.57. The summed E-state index contributed by atoms with van der Waals surface area (Å²) in [4.78, 5) is 10.5. The zero-order valence-electron chi connectivity index (χ0n) is 8.24. The Morgan fingerprint density at radius 3 is 2.80 bits per heavy atom. The zero-order chi connectivity index (χ0) is 11.3. The SMILES string of the molecule is NCc1ccc(F)c(C=CCC(N)=O)c1. The van der Waals surface area contributed by atoms with Gasteiger partial charge in [-0.1, -0.05) is 18.2 Å². The summed E-state index contributed by atoms with van der Waals surface area (Å²) in [5.74, 6) is -0.783. The number of carbonyl (C=O) groups excluding carboxylic acids is 1. The number of hydrogen-bond acceptors (Lipinski definition) is 2. The molecule has 0 heterocycles. The standard InChI is InChI=1S/C11H13FN2O/c12-10-5-4-8(7-13)6-9(10)2-1-3-11(14)15/h1-2,4-6H,3,7,13H2,(H2,14,15). The molecule has 0 saturated carbocycles. The van der Waals surface area contributed by atoms with Crippen LogP contribution in [0.1, 0.15) is 17.5 Å². The Morgan fingerprint density at radius 1 is 1.47 bits per heavy atom. The highest BCUT2D eigenvalue weighted by Gasteiger charge is 1.99. The van der Waals surface area contributed by atoms with Crippen molar-refractivity contribution in [2.75, 3.05) is 0 Å². The molecule has 0 bridgehead atoms. The molecule has 0 atom stereocenters. The Labute approximate surface area is 87.6 Å². The third kappa shape index (κ3) is 3.52. The summed E-state index contributed by atoms with van der Waals surface area (Å²) in [6, 6.07) is 4.62. The Bertz CT molecular complexity index is 388. The lowest BCUT2D eigenvalue weighted by Gasteiger charge is -2.00. The normalized spacial score (nSPS) is 10.8. The van der Waals surface area contributed by atoms with Gasteiger partial charge in [0, 0.05) is 18.5 Å².